The molecule has 0 atom stereocenters. The molecule has 29 heavy (non-hydrogen) atoms. The molecule has 6 nitrogen and oxygen atoms in total. The van der Waals surface area contributed by atoms with Crippen molar-refractivity contribution in [2.45, 2.75) is 51.0 Å². The van der Waals surface area contributed by atoms with Crippen LogP contribution in [0.25, 0.3) is 0 Å². The van der Waals surface area contributed by atoms with Crippen LogP contribution in [0, 0.1) is 6.92 Å². The molecule has 1 fully saturated rings. The number of thioether (sulfide) groups is 1. The van der Waals surface area contributed by atoms with Gasteiger partial charge in [-0.25, -0.2) is 4.99 Å². The molecule has 1 aliphatic carbocycles. The molecule has 0 radical (unpaired) electrons. The third kappa shape index (κ3) is 5.75. The van der Waals surface area contributed by atoms with Crippen molar-refractivity contribution in [1.29, 1.82) is 0 Å². The lowest BCUT2D eigenvalue weighted by Crippen LogP contribution is -2.45. The Bertz CT molecular complexity index is 780. The summed E-state index contributed by atoms with van der Waals surface area (Å²) in [6.07, 6.45) is 8.31. The fourth-order valence-corrected chi connectivity index (χ4v) is 4.43. The molecule has 0 spiro atoms. The van der Waals surface area contributed by atoms with Crippen molar-refractivity contribution in [3.05, 3.63) is 47.5 Å². The minimum absolute atomic E-state index is 0.199. The highest BCUT2D eigenvalue weighted by Crippen LogP contribution is 2.40. The van der Waals surface area contributed by atoms with Crippen LogP contribution < -0.4 is 10.6 Å². The molecule has 1 aliphatic rings. The minimum atomic E-state index is 0.199. The number of hydrogen-bond donors (Lipinski definition) is 2. The summed E-state index contributed by atoms with van der Waals surface area (Å²) >= 11 is 1.88. The van der Waals surface area contributed by atoms with Crippen molar-refractivity contribution in [1.82, 2.24) is 25.4 Å². The Labute approximate surface area is 179 Å². The van der Waals surface area contributed by atoms with Gasteiger partial charge < -0.3 is 15.2 Å². The van der Waals surface area contributed by atoms with Crippen molar-refractivity contribution in [3.8, 4) is 0 Å². The molecular formula is C22H34N6S. The summed E-state index contributed by atoms with van der Waals surface area (Å²) in [5.74, 6) is 3.81. The van der Waals surface area contributed by atoms with Crippen molar-refractivity contribution in [2.24, 2.45) is 12.0 Å². The molecule has 3 rings (SSSR count). The number of nitrogens with zero attached hydrogens (tertiary/aromatic N) is 4. The summed E-state index contributed by atoms with van der Waals surface area (Å²) in [5.41, 5.74) is 1.64. The molecule has 158 valence electrons. The van der Waals surface area contributed by atoms with Crippen LogP contribution in [0.5, 0.6) is 0 Å². The third-order valence-electron chi connectivity index (χ3n) is 5.92. The Hall–Kier alpha value is -2.02. The van der Waals surface area contributed by atoms with Crippen LogP contribution in [-0.2, 0) is 19.0 Å². The van der Waals surface area contributed by atoms with E-state index >= 15 is 0 Å². The number of guanidine groups is 1. The first-order valence-corrected chi connectivity index (χ1v) is 12.0. The molecule has 1 heterocycles. The summed E-state index contributed by atoms with van der Waals surface area (Å²) in [4.78, 5) is 4.82. The topological polar surface area (TPSA) is 67.1 Å². The predicted octanol–water partition coefficient (Wildman–Crippen LogP) is 3.42. The second-order valence-corrected chi connectivity index (χ2v) is 8.85. The van der Waals surface area contributed by atoms with Gasteiger partial charge in [-0.3, -0.25) is 0 Å². The van der Waals surface area contributed by atoms with E-state index < -0.39 is 0 Å². The zero-order valence-electron chi connectivity index (χ0n) is 17.9. The van der Waals surface area contributed by atoms with Crippen LogP contribution in [0.15, 0.2) is 35.3 Å². The molecular weight excluding hydrogens is 380 g/mol. The first-order valence-electron chi connectivity index (χ1n) is 10.6. The van der Waals surface area contributed by atoms with Crippen LogP contribution in [-0.4, -0.2) is 45.8 Å². The fourth-order valence-electron chi connectivity index (χ4n) is 4.00. The standard InChI is InChI=1S/C22H34N6S/c1-18-26-27-20(28(18)2)16-24-21(23-14-9-15-29-3)25-17-22(12-7-8-13-22)19-10-5-4-6-11-19/h4-6,10-11H,7-9,12-17H2,1-3H3,(H2,23,24,25). The Morgan fingerprint density at radius 2 is 1.93 bits per heavy atom. The van der Waals surface area contributed by atoms with Crippen LogP contribution in [0.1, 0.15) is 49.3 Å². The lowest BCUT2D eigenvalue weighted by molar-refractivity contribution is 0.431. The van der Waals surface area contributed by atoms with Crippen LogP contribution in [0.2, 0.25) is 0 Å². The van der Waals surface area contributed by atoms with E-state index in [9.17, 15) is 0 Å². The first-order chi connectivity index (χ1) is 14.1. The van der Waals surface area contributed by atoms with E-state index in [-0.39, 0.29) is 5.41 Å². The Morgan fingerprint density at radius 1 is 1.17 bits per heavy atom. The number of hydrogen-bond acceptors (Lipinski definition) is 4. The number of rotatable bonds is 9. The predicted molar refractivity (Wildman–Crippen MR) is 122 cm³/mol. The van der Waals surface area contributed by atoms with Gasteiger partial charge in [0.15, 0.2) is 11.8 Å². The Kier molecular flexibility index (Phi) is 7.98. The summed E-state index contributed by atoms with van der Waals surface area (Å²) in [6.45, 7) is 4.31. The minimum Gasteiger partial charge on any atom is -0.356 e. The van der Waals surface area contributed by atoms with Gasteiger partial charge in [0.2, 0.25) is 0 Å². The highest BCUT2D eigenvalue weighted by atomic mass is 32.2. The van der Waals surface area contributed by atoms with Crippen LogP contribution in [0.4, 0.5) is 0 Å². The summed E-state index contributed by atoms with van der Waals surface area (Å²) in [5, 5.41) is 15.5. The molecule has 0 unspecified atom stereocenters. The van der Waals surface area contributed by atoms with E-state index in [0.29, 0.717) is 6.54 Å². The number of aliphatic imine (C=N–C) groups is 1. The molecule has 0 amide bonds. The van der Waals surface area contributed by atoms with E-state index in [1.807, 2.05) is 30.3 Å². The zero-order valence-corrected chi connectivity index (χ0v) is 18.8. The highest BCUT2D eigenvalue weighted by molar-refractivity contribution is 7.98. The molecule has 2 N–H and O–H groups in total. The molecule has 1 aromatic carbocycles. The molecule has 7 heteroatoms. The van der Waals surface area contributed by atoms with Gasteiger partial charge in [0.25, 0.3) is 0 Å². The normalized spacial score (nSPS) is 16.2. The lowest BCUT2D eigenvalue weighted by atomic mass is 9.79. The maximum absolute atomic E-state index is 4.82. The van der Waals surface area contributed by atoms with Gasteiger partial charge in [0.1, 0.15) is 12.4 Å². The molecule has 1 aromatic heterocycles. The SMILES string of the molecule is CSCCCNC(=NCc1nnc(C)n1C)NCC1(c2ccccc2)CCCC1. The maximum atomic E-state index is 4.82. The fraction of sp³-hybridized carbons (Fsp3) is 0.591. The van der Waals surface area contributed by atoms with Gasteiger partial charge in [0, 0.05) is 25.6 Å². The van der Waals surface area contributed by atoms with Gasteiger partial charge in [-0.1, -0.05) is 43.2 Å². The smallest absolute Gasteiger partial charge is 0.191 e. The van der Waals surface area contributed by atoms with E-state index in [1.165, 1.54) is 31.2 Å². The number of aromatic nitrogens is 3. The van der Waals surface area contributed by atoms with Crippen LogP contribution >= 0.6 is 11.8 Å². The maximum Gasteiger partial charge on any atom is 0.191 e. The van der Waals surface area contributed by atoms with Gasteiger partial charge >= 0.3 is 0 Å². The summed E-state index contributed by atoms with van der Waals surface area (Å²) < 4.78 is 2.00. The lowest BCUT2D eigenvalue weighted by Gasteiger charge is -2.31. The van der Waals surface area contributed by atoms with Crippen molar-refractivity contribution >= 4 is 17.7 Å². The van der Waals surface area contributed by atoms with E-state index in [1.54, 1.807) is 0 Å². The molecule has 0 bridgehead atoms. The summed E-state index contributed by atoms with van der Waals surface area (Å²) in [7, 11) is 1.99. The monoisotopic (exact) mass is 414 g/mol. The molecule has 1 saturated carbocycles. The quantitative estimate of drug-likeness (QED) is 0.374. The van der Waals surface area contributed by atoms with Crippen molar-refractivity contribution < 1.29 is 0 Å². The van der Waals surface area contributed by atoms with E-state index in [4.69, 9.17) is 4.99 Å². The Balaban J connectivity index is 1.69. The molecule has 0 saturated heterocycles. The highest BCUT2D eigenvalue weighted by Gasteiger charge is 2.35. The van der Waals surface area contributed by atoms with Gasteiger partial charge in [0.05, 0.1) is 0 Å². The van der Waals surface area contributed by atoms with Crippen LogP contribution in [0.3, 0.4) is 0 Å². The number of nitrogens with one attached hydrogen (secondary N) is 2. The third-order valence-corrected chi connectivity index (χ3v) is 6.62. The average molecular weight is 415 g/mol. The van der Waals surface area contributed by atoms with Gasteiger partial charge in [-0.2, -0.15) is 11.8 Å². The molecule has 2 aromatic rings. The Morgan fingerprint density at radius 3 is 2.59 bits per heavy atom. The number of aryl methyl sites for hydroxylation is 1. The zero-order chi connectivity index (χ0) is 20.5. The second-order valence-electron chi connectivity index (χ2n) is 7.87. The average Bonchev–Trinajstić information content (AvgIpc) is 3.36. The number of benzene rings is 1. The van der Waals surface area contributed by atoms with E-state index in [2.05, 4.69) is 57.4 Å². The second kappa shape index (κ2) is 10.7. The van der Waals surface area contributed by atoms with E-state index in [0.717, 1.165) is 42.9 Å². The summed E-state index contributed by atoms with van der Waals surface area (Å²) in [6, 6.07) is 11.0. The van der Waals surface area contributed by atoms with Gasteiger partial charge in [-0.05, 0) is 43.8 Å². The van der Waals surface area contributed by atoms with Crippen molar-refractivity contribution in [2.75, 3.05) is 25.1 Å². The largest absolute Gasteiger partial charge is 0.356 e. The molecule has 0 aliphatic heterocycles. The van der Waals surface area contributed by atoms with Gasteiger partial charge in [-0.15, -0.1) is 10.2 Å². The first kappa shape index (κ1) is 21.7. The van der Waals surface area contributed by atoms with Crippen molar-refractivity contribution in [3.63, 3.8) is 0 Å².